The van der Waals surface area contributed by atoms with Gasteiger partial charge < -0.3 is 24.8 Å². The first-order chi connectivity index (χ1) is 20.6. The summed E-state index contributed by atoms with van der Waals surface area (Å²) in [4.78, 5) is 49.3. The van der Waals surface area contributed by atoms with E-state index in [9.17, 15) is 34.5 Å². The minimum atomic E-state index is -1.85. The van der Waals surface area contributed by atoms with E-state index in [4.69, 9.17) is 9.47 Å². The van der Waals surface area contributed by atoms with Crippen LogP contribution >= 0.6 is 0 Å². The number of ether oxygens (including phenoxy) is 2. The molecule has 0 aliphatic heterocycles. The number of carbonyl (C=O) groups is 4. The smallest absolute Gasteiger partial charge is 0.317 e. The predicted octanol–water partition coefficient (Wildman–Crippen LogP) is 7.56. The molecule has 0 aromatic heterocycles. The molecule has 0 aromatic carbocycles. The van der Waals surface area contributed by atoms with Crippen LogP contribution in [0.3, 0.4) is 0 Å². The van der Waals surface area contributed by atoms with E-state index >= 15 is 0 Å². The maximum Gasteiger partial charge on any atom is 0.317 e. The van der Waals surface area contributed by atoms with Crippen LogP contribution in [-0.2, 0) is 28.7 Å². The summed E-state index contributed by atoms with van der Waals surface area (Å²) in [5.74, 6) is -5.61. The number of aliphatic carboxylic acids is 2. The summed E-state index contributed by atoms with van der Waals surface area (Å²) in [5, 5.41) is 29.4. The average Bonchev–Trinajstić information content (AvgIpc) is 2.97. The molecule has 0 aliphatic carbocycles. The van der Waals surface area contributed by atoms with Crippen molar-refractivity contribution in [2.24, 2.45) is 23.2 Å². The third kappa shape index (κ3) is 19.7. The van der Waals surface area contributed by atoms with E-state index in [0.29, 0.717) is 0 Å². The fourth-order valence-corrected chi connectivity index (χ4v) is 5.51. The van der Waals surface area contributed by atoms with Gasteiger partial charge in [-0.3, -0.25) is 19.2 Å². The first-order valence-electron chi connectivity index (χ1n) is 17.0. The van der Waals surface area contributed by atoms with Crippen molar-refractivity contribution in [3.63, 3.8) is 0 Å². The monoisotopic (exact) mass is 614 g/mol. The number of hydrogen-bond acceptors (Lipinski definition) is 7. The van der Waals surface area contributed by atoms with Crippen LogP contribution in [0.5, 0.6) is 0 Å². The third-order valence-electron chi connectivity index (χ3n) is 8.42. The highest BCUT2D eigenvalue weighted by Gasteiger charge is 2.41. The van der Waals surface area contributed by atoms with E-state index in [-0.39, 0.29) is 24.7 Å². The molecule has 0 aliphatic rings. The van der Waals surface area contributed by atoms with Crippen molar-refractivity contribution in [1.82, 2.24) is 0 Å². The summed E-state index contributed by atoms with van der Waals surface area (Å²) in [5.41, 5.74) is -1.55. The van der Waals surface area contributed by atoms with Gasteiger partial charge in [-0.05, 0) is 43.9 Å². The van der Waals surface area contributed by atoms with E-state index in [1.54, 1.807) is 0 Å². The number of aliphatic hydroxyl groups is 1. The fourth-order valence-electron chi connectivity index (χ4n) is 5.51. The zero-order chi connectivity index (χ0) is 32.5. The van der Waals surface area contributed by atoms with Gasteiger partial charge >= 0.3 is 23.9 Å². The molecule has 0 amide bonds. The Morgan fingerprint density at radius 3 is 1.16 bits per heavy atom. The molecule has 0 radical (unpaired) electrons. The Hall–Kier alpha value is -2.16. The lowest BCUT2D eigenvalue weighted by Gasteiger charge is -2.32. The molecule has 0 heterocycles. The van der Waals surface area contributed by atoms with Crippen molar-refractivity contribution in [1.29, 1.82) is 0 Å². The van der Waals surface area contributed by atoms with Gasteiger partial charge in [0, 0.05) is 12.8 Å². The molecule has 0 unspecified atom stereocenters. The van der Waals surface area contributed by atoms with Crippen LogP contribution in [0.25, 0.3) is 0 Å². The van der Waals surface area contributed by atoms with Gasteiger partial charge in [-0.15, -0.1) is 0 Å². The van der Waals surface area contributed by atoms with Gasteiger partial charge in [0.05, 0.1) is 12.0 Å². The quantitative estimate of drug-likeness (QED) is 0.0441. The Morgan fingerprint density at radius 2 is 0.907 bits per heavy atom. The van der Waals surface area contributed by atoms with Crippen molar-refractivity contribution >= 4 is 23.9 Å². The second kappa shape index (κ2) is 25.2. The van der Waals surface area contributed by atoms with Gasteiger partial charge in [-0.2, -0.15) is 0 Å². The van der Waals surface area contributed by atoms with Crippen LogP contribution in [0.4, 0.5) is 0 Å². The zero-order valence-corrected chi connectivity index (χ0v) is 27.6. The van der Waals surface area contributed by atoms with Gasteiger partial charge in [-0.25, -0.2) is 0 Å². The second-order valence-corrected chi connectivity index (χ2v) is 12.5. The molecule has 3 N–H and O–H groups in total. The van der Waals surface area contributed by atoms with Gasteiger partial charge in [0.2, 0.25) is 0 Å². The Morgan fingerprint density at radius 1 is 0.581 bits per heavy atom. The third-order valence-corrected chi connectivity index (χ3v) is 8.42. The molecule has 0 aromatic rings. The first-order valence-corrected chi connectivity index (χ1v) is 17.0. The number of rotatable bonds is 29. The van der Waals surface area contributed by atoms with Gasteiger partial charge in [0.1, 0.15) is 13.2 Å². The molecule has 0 saturated carbocycles. The minimum absolute atomic E-state index is 0.162. The van der Waals surface area contributed by atoms with Crippen molar-refractivity contribution in [3.05, 3.63) is 0 Å². The lowest BCUT2D eigenvalue weighted by atomic mass is 9.80. The molecular formula is C34H62O9. The summed E-state index contributed by atoms with van der Waals surface area (Å²) < 4.78 is 11.1. The number of carboxylic acids is 2. The molecule has 0 rings (SSSR count). The van der Waals surface area contributed by atoms with Crippen LogP contribution in [0.2, 0.25) is 0 Å². The van der Waals surface area contributed by atoms with Crippen molar-refractivity contribution < 1.29 is 44.0 Å². The van der Waals surface area contributed by atoms with E-state index in [0.717, 1.165) is 103 Å². The molecule has 0 saturated heterocycles. The molecule has 0 bridgehead atoms. The highest BCUT2D eigenvalue weighted by Crippen LogP contribution is 2.30. The molecule has 9 nitrogen and oxygen atoms in total. The number of aliphatic hydroxyl groups excluding tert-OH is 1. The van der Waals surface area contributed by atoms with Gasteiger partial charge in [-0.1, -0.05) is 105 Å². The van der Waals surface area contributed by atoms with Crippen LogP contribution < -0.4 is 0 Å². The van der Waals surface area contributed by atoms with E-state index in [2.05, 4.69) is 27.7 Å². The standard InChI is InChI=1S/C34H62O9/c1-5-9-13-17-27(18-14-10-6-2)21-30(36)42-25-34(24-35,23-29(32(38)39)33(40)41)26-43-31(37)22-28(19-15-11-7-3)20-16-12-8-4/h27-29,35H,5-26H2,1-4H3,(H,38,39)(H,40,41). The topological polar surface area (TPSA) is 147 Å². The molecule has 0 fully saturated rings. The minimum Gasteiger partial charge on any atom is -0.481 e. The summed E-state index contributed by atoms with van der Waals surface area (Å²) in [6.45, 7) is 6.95. The highest BCUT2D eigenvalue weighted by atomic mass is 16.5. The van der Waals surface area contributed by atoms with Crippen LogP contribution in [0.15, 0.2) is 0 Å². The summed E-state index contributed by atoms with van der Waals surface area (Å²) in [7, 11) is 0. The van der Waals surface area contributed by atoms with Crippen molar-refractivity contribution in [3.8, 4) is 0 Å². The number of carbonyl (C=O) groups excluding carboxylic acids is 2. The van der Waals surface area contributed by atoms with Gasteiger partial charge in [0.25, 0.3) is 0 Å². The molecular weight excluding hydrogens is 552 g/mol. The summed E-state index contributed by atoms with van der Waals surface area (Å²) in [6, 6.07) is 0. The molecule has 43 heavy (non-hydrogen) atoms. The van der Waals surface area contributed by atoms with Crippen LogP contribution in [0, 0.1) is 23.2 Å². The van der Waals surface area contributed by atoms with Gasteiger partial charge in [0.15, 0.2) is 5.92 Å². The number of hydrogen-bond donors (Lipinski definition) is 3. The van der Waals surface area contributed by atoms with E-state index < -0.39 is 61.5 Å². The zero-order valence-electron chi connectivity index (χ0n) is 27.6. The van der Waals surface area contributed by atoms with E-state index in [1.165, 1.54) is 0 Å². The Balaban J connectivity index is 5.58. The highest BCUT2D eigenvalue weighted by molar-refractivity contribution is 5.92. The summed E-state index contributed by atoms with van der Waals surface area (Å²) >= 11 is 0. The average molecular weight is 615 g/mol. The Kier molecular flexibility index (Phi) is 23.9. The predicted molar refractivity (Wildman–Crippen MR) is 168 cm³/mol. The number of carboxylic acid groups (broad SMARTS) is 2. The molecule has 9 heteroatoms. The molecule has 252 valence electrons. The largest absolute Gasteiger partial charge is 0.481 e. The normalized spacial score (nSPS) is 11.8. The SMILES string of the molecule is CCCCCC(CCCCC)CC(=O)OCC(CO)(COC(=O)CC(CCCCC)CCCCC)CC(C(=O)O)C(=O)O. The van der Waals surface area contributed by atoms with Crippen molar-refractivity contribution in [2.75, 3.05) is 19.8 Å². The first kappa shape index (κ1) is 40.8. The number of esters is 2. The maximum absolute atomic E-state index is 12.9. The lowest BCUT2D eigenvalue weighted by Crippen LogP contribution is -2.42. The maximum atomic E-state index is 12.9. The molecule has 0 atom stereocenters. The summed E-state index contributed by atoms with van der Waals surface area (Å²) in [6.07, 6.45) is 16.3. The Bertz CT molecular complexity index is 691. The second-order valence-electron chi connectivity index (χ2n) is 12.5. The number of unbranched alkanes of at least 4 members (excludes halogenated alkanes) is 8. The molecule has 0 spiro atoms. The van der Waals surface area contributed by atoms with Crippen LogP contribution in [0.1, 0.15) is 150 Å². The Labute approximate surface area is 260 Å². The fraction of sp³-hybridized carbons (Fsp3) is 0.882. The van der Waals surface area contributed by atoms with Crippen LogP contribution in [-0.4, -0.2) is 59.0 Å². The van der Waals surface area contributed by atoms with E-state index in [1.807, 2.05) is 0 Å². The van der Waals surface area contributed by atoms with Crippen molar-refractivity contribution in [2.45, 2.75) is 150 Å². The lowest BCUT2D eigenvalue weighted by molar-refractivity contribution is -0.163.